The second kappa shape index (κ2) is 8.78. The Morgan fingerprint density at radius 3 is 2.03 bits per heavy atom. The van der Waals surface area contributed by atoms with Crippen molar-refractivity contribution < 1.29 is 4.92 Å². The quantitative estimate of drug-likeness (QED) is 0.121. The molecule has 35 heavy (non-hydrogen) atoms. The summed E-state index contributed by atoms with van der Waals surface area (Å²) in [5.41, 5.74) is 10.1. The zero-order valence-corrected chi connectivity index (χ0v) is 20.0. The van der Waals surface area contributed by atoms with E-state index in [1.54, 1.807) is 18.3 Å². The minimum absolute atomic E-state index is 0.0710. The van der Waals surface area contributed by atoms with Gasteiger partial charge in [0.05, 0.1) is 31.8 Å². The summed E-state index contributed by atoms with van der Waals surface area (Å²) in [6.07, 6.45) is 3.98. The van der Waals surface area contributed by atoms with Crippen LogP contribution in [-0.2, 0) is 0 Å². The van der Waals surface area contributed by atoms with E-state index in [1.165, 1.54) is 40.1 Å². The fourth-order valence-electron chi connectivity index (χ4n) is 4.34. The predicted molar refractivity (Wildman–Crippen MR) is 145 cm³/mol. The Morgan fingerprint density at radius 2 is 1.37 bits per heavy atom. The van der Waals surface area contributed by atoms with Crippen LogP contribution in [0.3, 0.4) is 0 Å². The van der Waals surface area contributed by atoms with Crippen LogP contribution in [0.25, 0.3) is 22.8 Å². The number of non-ortho nitro benzene ring substituents is 1. The van der Waals surface area contributed by atoms with E-state index in [4.69, 9.17) is 0 Å². The van der Waals surface area contributed by atoms with Gasteiger partial charge in [0.25, 0.3) is 5.69 Å². The summed E-state index contributed by atoms with van der Waals surface area (Å²) in [6, 6.07) is 29.8. The lowest BCUT2D eigenvalue weighted by atomic mass is 10.0. The third-order valence-corrected chi connectivity index (χ3v) is 6.25. The molecule has 0 bridgehead atoms. The van der Waals surface area contributed by atoms with Crippen LogP contribution in [0.2, 0.25) is 0 Å². The van der Waals surface area contributed by atoms with Crippen molar-refractivity contribution >= 4 is 34.9 Å². The van der Waals surface area contributed by atoms with Crippen LogP contribution in [0.15, 0.2) is 96.0 Å². The molecule has 0 aromatic heterocycles. The molecule has 0 saturated heterocycles. The number of fused-ring (bicyclic) bond motifs is 3. The Balaban J connectivity index is 1.51. The fourth-order valence-corrected chi connectivity index (χ4v) is 4.34. The average Bonchev–Trinajstić information content (AvgIpc) is 3.16. The number of nitro benzene ring substituents is 1. The Hall–Kier alpha value is -4.35. The van der Waals surface area contributed by atoms with Gasteiger partial charge in [-0.2, -0.15) is 0 Å². The molecule has 0 amide bonds. The molecule has 0 heterocycles. The first kappa shape index (κ1) is 22.4. The van der Waals surface area contributed by atoms with Crippen molar-refractivity contribution in [2.75, 3.05) is 21.1 Å². The van der Waals surface area contributed by atoms with E-state index < -0.39 is 4.92 Å². The van der Waals surface area contributed by atoms with E-state index in [2.05, 4.69) is 92.9 Å². The summed E-state index contributed by atoms with van der Waals surface area (Å²) in [5.74, 6) is 0. The topological polar surface area (TPSA) is 55.5 Å². The molecule has 5 heteroatoms. The molecule has 5 nitrogen and oxygen atoms in total. The second-order valence-corrected chi connectivity index (χ2v) is 9.54. The Bertz CT molecular complexity index is 1480. The number of aliphatic imine (C=N–C) groups is 1. The summed E-state index contributed by atoms with van der Waals surface area (Å²) < 4.78 is 0.776. The molecule has 0 fully saturated rings. The Kier molecular flexibility index (Phi) is 5.63. The largest absolute Gasteiger partial charge is 0.298 e. The van der Waals surface area contributed by atoms with Crippen LogP contribution in [0.1, 0.15) is 22.3 Å². The second-order valence-electron chi connectivity index (χ2n) is 9.54. The highest BCUT2D eigenvalue weighted by Crippen LogP contribution is 2.46. The number of nitro groups is 1. The molecular weight excluding hydrogens is 434 g/mol. The summed E-state index contributed by atoms with van der Waals surface area (Å²) >= 11 is 0. The molecule has 0 saturated carbocycles. The summed E-state index contributed by atoms with van der Waals surface area (Å²) in [5, 5.41) is 10.9. The fraction of sp³-hybridized carbons (Fsp3) is 0.100. The number of nitrogens with zero attached hydrogens (tertiary/aromatic N) is 3. The van der Waals surface area contributed by atoms with Gasteiger partial charge in [0.1, 0.15) is 5.69 Å². The first-order valence-corrected chi connectivity index (χ1v) is 11.5. The van der Waals surface area contributed by atoms with Crippen molar-refractivity contribution in [1.29, 1.82) is 0 Å². The smallest absolute Gasteiger partial charge is 0.269 e. The van der Waals surface area contributed by atoms with Gasteiger partial charge in [-0.1, -0.05) is 30.3 Å². The van der Waals surface area contributed by atoms with Crippen LogP contribution < -0.4 is 4.48 Å². The highest BCUT2D eigenvalue weighted by molar-refractivity contribution is 6.07. The standard InChI is InChI=1S/C30H26N3O2/c1-33(2,3)25-15-10-21(11-16-25)18-29-27-7-5-4-6-26(27)28-17-12-23(19-30(28)29)31-20-22-8-13-24(14-9-22)32(34)35/h4-20H,1-3H3/q+1/b29-18-,31-20?. The van der Waals surface area contributed by atoms with E-state index in [1.807, 2.05) is 6.07 Å². The van der Waals surface area contributed by atoms with Crippen LogP contribution >= 0.6 is 0 Å². The maximum Gasteiger partial charge on any atom is 0.269 e. The predicted octanol–water partition coefficient (Wildman–Crippen LogP) is 7.11. The van der Waals surface area contributed by atoms with E-state index in [0.717, 1.165) is 26.9 Å². The number of hydrogen-bond acceptors (Lipinski definition) is 3. The number of rotatable bonds is 5. The first-order valence-electron chi connectivity index (χ1n) is 11.5. The van der Waals surface area contributed by atoms with Crippen molar-refractivity contribution in [3.05, 3.63) is 123 Å². The van der Waals surface area contributed by atoms with Gasteiger partial charge in [-0.25, -0.2) is 0 Å². The Morgan fingerprint density at radius 1 is 0.743 bits per heavy atom. The molecule has 4 aromatic carbocycles. The van der Waals surface area contributed by atoms with Crippen molar-refractivity contribution in [3.8, 4) is 11.1 Å². The molecule has 0 unspecified atom stereocenters. The van der Waals surface area contributed by atoms with Gasteiger partial charge in [0, 0.05) is 18.3 Å². The summed E-state index contributed by atoms with van der Waals surface area (Å²) in [7, 11) is 6.49. The van der Waals surface area contributed by atoms with E-state index in [9.17, 15) is 10.1 Å². The molecule has 0 spiro atoms. The lowest BCUT2D eigenvalue weighted by molar-refractivity contribution is -0.384. The maximum absolute atomic E-state index is 10.9. The summed E-state index contributed by atoms with van der Waals surface area (Å²) in [4.78, 5) is 15.1. The number of quaternary nitrogens is 1. The number of benzene rings is 4. The molecule has 4 aromatic rings. The van der Waals surface area contributed by atoms with Crippen molar-refractivity contribution in [1.82, 2.24) is 4.48 Å². The molecule has 5 rings (SSSR count). The van der Waals surface area contributed by atoms with Crippen molar-refractivity contribution in [2.24, 2.45) is 4.99 Å². The minimum Gasteiger partial charge on any atom is -0.298 e. The van der Waals surface area contributed by atoms with Crippen LogP contribution in [0, 0.1) is 10.1 Å². The van der Waals surface area contributed by atoms with Gasteiger partial charge in [-0.3, -0.25) is 19.6 Å². The molecular formula is C30H26N3O2+. The molecule has 0 radical (unpaired) electrons. The zero-order valence-electron chi connectivity index (χ0n) is 20.0. The maximum atomic E-state index is 10.9. The normalized spacial score (nSPS) is 13.7. The van der Waals surface area contributed by atoms with Gasteiger partial charge < -0.3 is 0 Å². The Labute approximate surface area is 205 Å². The molecule has 0 N–H and O–H groups in total. The highest BCUT2D eigenvalue weighted by Gasteiger charge is 2.23. The monoisotopic (exact) mass is 460 g/mol. The van der Waals surface area contributed by atoms with Crippen molar-refractivity contribution in [2.45, 2.75) is 0 Å². The summed E-state index contributed by atoms with van der Waals surface area (Å²) in [6.45, 7) is 0. The van der Waals surface area contributed by atoms with Gasteiger partial charge >= 0.3 is 0 Å². The first-order chi connectivity index (χ1) is 16.8. The van der Waals surface area contributed by atoms with Crippen LogP contribution in [0.5, 0.6) is 0 Å². The molecule has 0 atom stereocenters. The zero-order chi connectivity index (χ0) is 24.6. The highest BCUT2D eigenvalue weighted by atomic mass is 16.6. The molecule has 172 valence electrons. The van der Waals surface area contributed by atoms with E-state index in [0.29, 0.717) is 0 Å². The third kappa shape index (κ3) is 4.54. The lowest BCUT2D eigenvalue weighted by Crippen LogP contribution is -2.34. The van der Waals surface area contributed by atoms with E-state index >= 15 is 0 Å². The van der Waals surface area contributed by atoms with Crippen LogP contribution in [0.4, 0.5) is 17.1 Å². The average molecular weight is 461 g/mol. The minimum atomic E-state index is -0.400. The van der Waals surface area contributed by atoms with Gasteiger partial charge in [-0.05, 0) is 93.6 Å². The SMILES string of the molecule is C[N+](C)(C)c1ccc(/C=C2/c3ccccc3-c3ccc(N=Cc4ccc([N+](=O)[O-])cc4)cc32)cc1. The van der Waals surface area contributed by atoms with Crippen molar-refractivity contribution in [3.63, 3.8) is 0 Å². The van der Waals surface area contributed by atoms with Gasteiger partial charge in [0.15, 0.2) is 0 Å². The third-order valence-electron chi connectivity index (χ3n) is 6.25. The molecule has 1 aliphatic rings. The number of hydrogen-bond donors (Lipinski definition) is 0. The molecule has 1 aliphatic carbocycles. The van der Waals surface area contributed by atoms with E-state index in [-0.39, 0.29) is 5.69 Å². The molecule has 0 aliphatic heterocycles. The van der Waals surface area contributed by atoms with Gasteiger partial charge in [0.2, 0.25) is 0 Å². The van der Waals surface area contributed by atoms with Gasteiger partial charge in [-0.15, -0.1) is 0 Å². The lowest BCUT2D eigenvalue weighted by Gasteiger charge is -2.23. The van der Waals surface area contributed by atoms with Crippen LogP contribution in [-0.4, -0.2) is 32.3 Å².